The molecule has 1 aromatic carbocycles. The van der Waals surface area contributed by atoms with E-state index < -0.39 is 23.9 Å². The molecule has 114 valence electrons. The monoisotopic (exact) mass is 294 g/mol. The van der Waals surface area contributed by atoms with E-state index in [2.05, 4.69) is 5.32 Å². The number of carboxylic acid groups (broad SMARTS) is 1. The number of carboxylic acids is 1. The average molecular weight is 294 g/mol. The molecule has 5 nitrogen and oxygen atoms in total. The maximum Gasteiger partial charge on any atom is 0.326 e. The summed E-state index contributed by atoms with van der Waals surface area (Å²) < 4.78 is 13.3. The first-order valence-electron chi connectivity index (χ1n) is 6.97. The van der Waals surface area contributed by atoms with Crippen molar-refractivity contribution in [3.8, 4) is 0 Å². The lowest BCUT2D eigenvalue weighted by Crippen LogP contribution is -2.48. The van der Waals surface area contributed by atoms with Crippen molar-refractivity contribution < 1.29 is 19.1 Å². The van der Waals surface area contributed by atoms with Crippen LogP contribution in [0.2, 0.25) is 0 Å². The Morgan fingerprint density at radius 2 is 2.14 bits per heavy atom. The lowest BCUT2D eigenvalue weighted by atomic mass is 10.0. The van der Waals surface area contributed by atoms with Gasteiger partial charge in [-0.15, -0.1) is 0 Å². The van der Waals surface area contributed by atoms with Crippen molar-refractivity contribution in [3.63, 3.8) is 0 Å². The van der Waals surface area contributed by atoms with Crippen LogP contribution in [0.25, 0.3) is 0 Å². The number of halogens is 1. The van der Waals surface area contributed by atoms with Gasteiger partial charge >= 0.3 is 12.0 Å². The smallest absolute Gasteiger partial charge is 0.326 e. The molecule has 0 radical (unpaired) electrons. The fourth-order valence-corrected chi connectivity index (χ4v) is 2.48. The Balaban J connectivity index is 2.11. The van der Waals surface area contributed by atoms with Crippen molar-refractivity contribution in [2.24, 2.45) is 5.92 Å². The highest BCUT2D eigenvalue weighted by atomic mass is 19.1. The Morgan fingerprint density at radius 1 is 1.43 bits per heavy atom. The molecule has 6 heteroatoms. The van der Waals surface area contributed by atoms with E-state index in [9.17, 15) is 14.0 Å². The molecule has 0 spiro atoms. The minimum Gasteiger partial charge on any atom is -0.480 e. The van der Waals surface area contributed by atoms with Crippen molar-refractivity contribution >= 4 is 17.7 Å². The van der Waals surface area contributed by atoms with Crippen LogP contribution in [-0.2, 0) is 11.2 Å². The number of carbonyl (C=O) groups is 2. The predicted octanol–water partition coefficient (Wildman–Crippen LogP) is 2.40. The Morgan fingerprint density at radius 3 is 2.76 bits per heavy atom. The van der Waals surface area contributed by atoms with E-state index in [1.54, 1.807) is 6.07 Å². The van der Waals surface area contributed by atoms with E-state index in [4.69, 9.17) is 5.11 Å². The Bertz CT molecular complexity index is 560. The molecule has 21 heavy (non-hydrogen) atoms. The molecule has 0 saturated carbocycles. The number of fused-ring (bicyclic) bond motifs is 1. The Kier molecular flexibility index (Phi) is 4.45. The van der Waals surface area contributed by atoms with E-state index in [1.807, 2.05) is 13.8 Å². The molecule has 0 aromatic heterocycles. The molecule has 0 saturated heterocycles. The molecule has 0 fully saturated rings. The van der Waals surface area contributed by atoms with Crippen LogP contribution in [0.4, 0.5) is 14.9 Å². The lowest BCUT2D eigenvalue weighted by Gasteiger charge is -2.22. The zero-order valence-electron chi connectivity index (χ0n) is 12.1. The van der Waals surface area contributed by atoms with Crippen LogP contribution in [-0.4, -0.2) is 29.7 Å². The van der Waals surface area contributed by atoms with Gasteiger partial charge in [-0.2, -0.15) is 0 Å². The molecule has 2 N–H and O–H groups in total. The Hall–Kier alpha value is -2.11. The molecule has 0 unspecified atom stereocenters. The SMILES string of the molecule is CC(C)C[C@@H](NC(=O)N1CCc2ccc(F)cc21)C(=O)O. The molecule has 1 heterocycles. The number of carbonyl (C=O) groups excluding carboxylic acids is 1. The molecular weight excluding hydrogens is 275 g/mol. The van der Waals surface area contributed by atoms with Gasteiger partial charge in [0.15, 0.2) is 0 Å². The van der Waals surface area contributed by atoms with E-state index in [0.29, 0.717) is 25.1 Å². The van der Waals surface area contributed by atoms with E-state index in [0.717, 1.165) is 5.56 Å². The molecule has 1 aliphatic heterocycles. The lowest BCUT2D eigenvalue weighted by molar-refractivity contribution is -0.139. The summed E-state index contributed by atoms with van der Waals surface area (Å²) in [6, 6.07) is 2.89. The number of nitrogens with one attached hydrogen (secondary N) is 1. The van der Waals surface area contributed by atoms with E-state index >= 15 is 0 Å². The van der Waals surface area contributed by atoms with Crippen LogP contribution in [0.15, 0.2) is 18.2 Å². The third kappa shape index (κ3) is 3.51. The normalized spacial score (nSPS) is 15.0. The summed E-state index contributed by atoms with van der Waals surface area (Å²) in [6.07, 6.45) is 0.996. The van der Waals surface area contributed by atoms with Crippen LogP contribution >= 0.6 is 0 Å². The molecule has 1 atom stereocenters. The zero-order valence-corrected chi connectivity index (χ0v) is 12.1. The summed E-state index contributed by atoms with van der Waals surface area (Å²) in [5.41, 5.74) is 1.41. The maximum absolute atomic E-state index is 13.3. The number of nitrogens with zero attached hydrogens (tertiary/aromatic N) is 1. The first-order chi connectivity index (χ1) is 9.88. The highest BCUT2D eigenvalue weighted by Gasteiger charge is 2.29. The van der Waals surface area contributed by atoms with Gasteiger partial charge in [0.1, 0.15) is 11.9 Å². The van der Waals surface area contributed by atoms with Crippen molar-refractivity contribution in [1.82, 2.24) is 5.32 Å². The number of anilines is 1. The van der Waals surface area contributed by atoms with Gasteiger partial charge in [-0.25, -0.2) is 14.0 Å². The van der Waals surface area contributed by atoms with Crippen LogP contribution in [0.5, 0.6) is 0 Å². The second-order valence-electron chi connectivity index (χ2n) is 5.64. The standard InChI is InChI=1S/C15H19FN2O3/c1-9(2)7-12(14(19)20)17-15(21)18-6-5-10-3-4-11(16)8-13(10)18/h3-4,8-9,12H,5-7H2,1-2H3,(H,17,21)(H,19,20)/t12-/m1/s1. The van der Waals surface area contributed by atoms with Gasteiger partial charge in [-0.1, -0.05) is 19.9 Å². The molecule has 0 aliphatic carbocycles. The van der Waals surface area contributed by atoms with Gasteiger partial charge in [0.05, 0.1) is 5.69 Å². The highest BCUT2D eigenvalue weighted by Crippen LogP contribution is 2.28. The minimum absolute atomic E-state index is 0.148. The quantitative estimate of drug-likeness (QED) is 0.896. The maximum atomic E-state index is 13.3. The van der Waals surface area contributed by atoms with Crippen molar-refractivity contribution in [2.75, 3.05) is 11.4 Å². The van der Waals surface area contributed by atoms with Gasteiger partial charge in [-0.3, -0.25) is 4.90 Å². The van der Waals surface area contributed by atoms with Gasteiger partial charge in [0.2, 0.25) is 0 Å². The number of hydrogen-bond donors (Lipinski definition) is 2. The number of urea groups is 1. The first-order valence-corrected chi connectivity index (χ1v) is 6.97. The van der Waals surface area contributed by atoms with Gasteiger partial charge in [0.25, 0.3) is 0 Å². The highest BCUT2D eigenvalue weighted by molar-refractivity contribution is 5.96. The Labute approximate surface area is 122 Å². The molecular formula is C15H19FN2O3. The van der Waals surface area contributed by atoms with Crippen LogP contribution in [0, 0.1) is 11.7 Å². The first kappa shape index (κ1) is 15.3. The summed E-state index contributed by atoms with van der Waals surface area (Å²) in [6.45, 7) is 4.21. The molecule has 0 bridgehead atoms. The number of aliphatic carboxylic acids is 1. The van der Waals surface area contributed by atoms with E-state index in [-0.39, 0.29) is 5.92 Å². The van der Waals surface area contributed by atoms with Crippen molar-refractivity contribution in [2.45, 2.75) is 32.7 Å². The second kappa shape index (κ2) is 6.11. The molecule has 1 aliphatic rings. The largest absolute Gasteiger partial charge is 0.480 e. The number of hydrogen-bond acceptors (Lipinski definition) is 2. The zero-order chi connectivity index (χ0) is 15.6. The fraction of sp³-hybridized carbons (Fsp3) is 0.467. The van der Waals surface area contributed by atoms with E-state index in [1.165, 1.54) is 17.0 Å². The van der Waals surface area contributed by atoms with Crippen LogP contribution < -0.4 is 10.2 Å². The topological polar surface area (TPSA) is 69.6 Å². The third-order valence-corrected chi connectivity index (χ3v) is 3.49. The van der Waals surface area contributed by atoms with Gasteiger partial charge in [0, 0.05) is 6.54 Å². The predicted molar refractivity (Wildman–Crippen MR) is 76.9 cm³/mol. The van der Waals surface area contributed by atoms with Crippen molar-refractivity contribution in [1.29, 1.82) is 0 Å². The van der Waals surface area contributed by atoms with Crippen molar-refractivity contribution in [3.05, 3.63) is 29.6 Å². The summed E-state index contributed by atoms with van der Waals surface area (Å²) >= 11 is 0. The van der Waals surface area contributed by atoms with Gasteiger partial charge < -0.3 is 10.4 Å². The summed E-state index contributed by atoms with van der Waals surface area (Å²) in [5.74, 6) is -1.32. The number of benzene rings is 1. The third-order valence-electron chi connectivity index (χ3n) is 3.49. The average Bonchev–Trinajstić information content (AvgIpc) is 2.80. The van der Waals surface area contributed by atoms with Crippen LogP contribution in [0.1, 0.15) is 25.8 Å². The summed E-state index contributed by atoms with van der Waals surface area (Å²) in [4.78, 5) is 24.8. The fourth-order valence-electron chi connectivity index (χ4n) is 2.48. The van der Waals surface area contributed by atoms with Crippen LogP contribution in [0.3, 0.4) is 0 Å². The second-order valence-corrected chi connectivity index (χ2v) is 5.64. The number of amides is 2. The molecule has 2 amide bonds. The molecule has 1 aromatic rings. The summed E-state index contributed by atoms with van der Waals surface area (Å²) in [5, 5.41) is 11.7. The minimum atomic E-state index is -1.06. The van der Waals surface area contributed by atoms with Gasteiger partial charge in [-0.05, 0) is 36.5 Å². The summed E-state index contributed by atoms with van der Waals surface area (Å²) in [7, 11) is 0. The molecule has 2 rings (SSSR count). The number of rotatable bonds is 4.